The molecule has 0 unspecified atom stereocenters. The van der Waals surface area contributed by atoms with Crippen LogP contribution in [-0.2, 0) is 9.59 Å². The van der Waals surface area contributed by atoms with Crippen LogP contribution in [0, 0.1) is 0 Å². The molecule has 1 aromatic rings. The number of rotatable bonds is 1. The smallest absolute Gasteiger partial charge is 0.313 e. The molecule has 0 aliphatic rings. The second-order valence-electron chi connectivity index (χ2n) is 2.44. The van der Waals surface area contributed by atoms with Crippen molar-refractivity contribution >= 4 is 23.2 Å². The molecule has 0 fully saturated rings. The first kappa shape index (κ1) is 9.05. The Morgan fingerprint density at radius 2 is 1.69 bits per heavy atom. The Bertz CT molecular complexity index is 332. The van der Waals surface area contributed by atoms with Crippen molar-refractivity contribution in [1.29, 1.82) is 0 Å². The van der Waals surface area contributed by atoms with Gasteiger partial charge in [-0.25, -0.2) is 0 Å². The van der Waals surface area contributed by atoms with Gasteiger partial charge in [-0.3, -0.25) is 9.59 Å². The first-order valence-corrected chi connectivity index (χ1v) is 3.56. The van der Waals surface area contributed by atoms with Crippen LogP contribution in [0.3, 0.4) is 0 Å². The monoisotopic (exact) mass is 179 g/mol. The van der Waals surface area contributed by atoms with Crippen LogP contribution in [0.1, 0.15) is 0 Å². The first-order valence-electron chi connectivity index (χ1n) is 3.56. The highest BCUT2D eigenvalue weighted by Crippen LogP contribution is 2.09. The summed E-state index contributed by atoms with van der Waals surface area (Å²) < 4.78 is 0. The highest BCUT2D eigenvalue weighted by atomic mass is 16.2. The topological polar surface area (TPSA) is 98.2 Å². The van der Waals surface area contributed by atoms with Crippen LogP contribution in [-0.4, -0.2) is 11.8 Å². The van der Waals surface area contributed by atoms with E-state index in [1.54, 1.807) is 24.3 Å². The van der Waals surface area contributed by atoms with Gasteiger partial charge >= 0.3 is 11.8 Å². The molecule has 5 N–H and O–H groups in total. The van der Waals surface area contributed by atoms with Crippen molar-refractivity contribution < 1.29 is 9.59 Å². The van der Waals surface area contributed by atoms with E-state index in [0.717, 1.165) is 0 Å². The van der Waals surface area contributed by atoms with Crippen LogP contribution in [0.2, 0.25) is 0 Å². The summed E-state index contributed by atoms with van der Waals surface area (Å²) in [6.45, 7) is 0. The fraction of sp³-hybridized carbons (Fsp3) is 0. The van der Waals surface area contributed by atoms with Crippen LogP contribution in [0.25, 0.3) is 0 Å². The van der Waals surface area contributed by atoms with E-state index in [-0.39, 0.29) is 0 Å². The van der Waals surface area contributed by atoms with Gasteiger partial charge in [0.25, 0.3) is 0 Å². The van der Waals surface area contributed by atoms with Crippen molar-refractivity contribution in [3.63, 3.8) is 0 Å². The molecular formula is C8H9N3O2. The summed E-state index contributed by atoms with van der Waals surface area (Å²) in [5.74, 6) is -1.86. The van der Waals surface area contributed by atoms with Crippen molar-refractivity contribution in [3.05, 3.63) is 24.3 Å². The maximum atomic E-state index is 10.8. The van der Waals surface area contributed by atoms with Gasteiger partial charge in [0.15, 0.2) is 0 Å². The largest absolute Gasteiger partial charge is 0.399 e. The number of carbonyl (C=O) groups is 2. The SMILES string of the molecule is NC(=O)C(=O)Nc1ccc(N)cc1. The molecule has 0 aromatic heterocycles. The van der Waals surface area contributed by atoms with Gasteiger partial charge in [-0.05, 0) is 24.3 Å². The third-order valence-corrected chi connectivity index (χ3v) is 1.39. The number of primary amides is 1. The molecule has 0 bridgehead atoms. The lowest BCUT2D eigenvalue weighted by Gasteiger charge is -2.01. The number of nitrogens with one attached hydrogen (secondary N) is 1. The minimum absolute atomic E-state index is 0.484. The number of amides is 2. The molecule has 5 heteroatoms. The minimum atomic E-state index is -1.02. The quantitative estimate of drug-likeness (QED) is 0.407. The predicted molar refractivity (Wildman–Crippen MR) is 48.7 cm³/mol. The second-order valence-corrected chi connectivity index (χ2v) is 2.44. The van der Waals surface area contributed by atoms with E-state index < -0.39 is 11.8 Å². The lowest BCUT2D eigenvalue weighted by molar-refractivity contribution is -0.134. The lowest BCUT2D eigenvalue weighted by atomic mass is 10.3. The Morgan fingerprint density at radius 1 is 1.15 bits per heavy atom. The lowest BCUT2D eigenvalue weighted by Crippen LogP contribution is -2.29. The average Bonchev–Trinajstić information content (AvgIpc) is 2.08. The molecule has 0 saturated heterocycles. The van der Waals surface area contributed by atoms with Gasteiger partial charge in [0.2, 0.25) is 0 Å². The second kappa shape index (κ2) is 3.57. The summed E-state index contributed by atoms with van der Waals surface area (Å²) in [6, 6.07) is 6.37. The third kappa shape index (κ3) is 2.48. The highest BCUT2D eigenvalue weighted by Gasteiger charge is 2.07. The van der Waals surface area contributed by atoms with Gasteiger partial charge in [-0.2, -0.15) is 0 Å². The molecule has 0 aliphatic heterocycles. The van der Waals surface area contributed by atoms with E-state index in [2.05, 4.69) is 5.32 Å². The van der Waals surface area contributed by atoms with Gasteiger partial charge in [-0.1, -0.05) is 0 Å². The zero-order valence-corrected chi connectivity index (χ0v) is 6.78. The molecule has 1 rings (SSSR count). The first-order chi connectivity index (χ1) is 6.09. The summed E-state index contributed by atoms with van der Waals surface area (Å²) in [4.78, 5) is 21.1. The summed E-state index contributed by atoms with van der Waals surface area (Å²) in [5, 5.41) is 2.30. The average molecular weight is 179 g/mol. The number of hydrogen-bond acceptors (Lipinski definition) is 3. The highest BCUT2D eigenvalue weighted by molar-refractivity contribution is 6.39. The molecule has 0 radical (unpaired) electrons. The van der Waals surface area contributed by atoms with Gasteiger partial charge < -0.3 is 16.8 Å². The third-order valence-electron chi connectivity index (χ3n) is 1.39. The molecular weight excluding hydrogens is 170 g/mol. The van der Waals surface area contributed by atoms with Gasteiger partial charge in [-0.15, -0.1) is 0 Å². The molecule has 0 heterocycles. The Balaban J connectivity index is 2.70. The van der Waals surface area contributed by atoms with Gasteiger partial charge in [0.1, 0.15) is 0 Å². The molecule has 68 valence electrons. The molecule has 0 saturated carbocycles. The Kier molecular flexibility index (Phi) is 2.49. The van der Waals surface area contributed by atoms with Gasteiger partial charge in [0, 0.05) is 11.4 Å². The molecule has 0 aliphatic carbocycles. The fourth-order valence-corrected chi connectivity index (χ4v) is 0.759. The normalized spacial score (nSPS) is 9.23. The fourth-order valence-electron chi connectivity index (χ4n) is 0.759. The Morgan fingerprint density at radius 3 is 2.15 bits per heavy atom. The molecule has 13 heavy (non-hydrogen) atoms. The van der Waals surface area contributed by atoms with E-state index in [9.17, 15) is 9.59 Å². The number of nitrogens with two attached hydrogens (primary N) is 2. The maximum absolute atomic E-state index is 10.8. The van der Waals surface area contributed by atoms with Crippen molar-refractivity contribution in [2.75, 3.05) is 11.1 Å². The van der Waals surface area contributed by atoms with E-state index in [4.69, 9.17) is 11.5 Å². The summed E-state index contributed by atoms with van der Waals surface area (Å²) >= 11 is 0. The number of nitrogen functional groups attached to an aromatic ring is 1. The van der Waals surface area contributed by atoms with Crippen LogP contribution >= 0.6 is 0 Å². The van der Waals surface area contributed by atoms with Crippen LogP contribution in [0.5, 0.6) is 0 Å². The van der Waals surface area contributed by atoms with Crippen molar-refractivity contribution in [2.45, 2.75) is 0 Å². The van der Waals surface area contributed by atoms with Gasteiger partial charge in [0.05, 0.1) is 0 Å². The molecule has 2 amide bonds. The van der Waals surface area contributed by atoms with E-state index >= 15 is 0 Å². The number of anilines is 2. The maximum Gasteiger partial charge on any atom is 0.313 e. The van der Waals surface area contributed by atoms with Crippen molar-refractivity contribution in [3.8, 4) is 0 Å². The zero-order chi connectivity index (χ0) is 9.84. The minimum Gasteiger partial charge on any atom is -0.399 e. The van der Waals surface area contributed by atoms with Crippen LogP contribution in [0.4, 0.5) is 11.4 Å². The molecule has 5 nitrogen and oxygen atoms in total. The molecule has 1 aromatic carbocycles. The molecule has 0 spiro atoms. The zero-order valence-electron chi connectivity index (χ0n) is 6.78. The summed E-state index contributed by atoms with van der Waals surface area (Å²) in [7, 11) is 0. The number of benzene rings is 1. The van der Waals surface area contributed by atoms with E-state index in [1.165, 1.54) is 0 Å². The Hall–Kier alpha value is -2.04. The summed E-state index contributed by atoms with van der Waals surface area (Å²) in [5.41, 5.74) is 11.2. The standard InChI is InChI=1S/C8H9N3O2/c9-5-1-3-6(4-2-5)11-8(13)7(10)12/h1-4H,9H2,(H2,10,12)(H,11,13). The number of carbonyl (C=O) groups excluding carboxylic acids is 2. The van der Waals surface area contributed by atoms with E-state index in [1.807, 2.05) is 0 Å². The van der Waals surface area contributed by atoms with Crippen LogP contribution in [0.15, 0.2) is 24.3 Å². The Labute approximate surface area is 74.7 Å². The number of hydrogen-bond donors (Lipinski definition) is 3. The molecule has 0 atom stereocenters. The summed E-state index contributed by atoms with van der Waals surface area (Å²) in [6.07, 6.45) is 0. The predicted octanol–water partition coefficient (Wildman–Crippen LogP) is -0.307. The van der Waals surface area contributed by atoms with Crippen molar-refractivity contribution in [1.82, 2.24) is 0 Å². The van der Waals surface area contributed by atoms with Crippen LogP contribution < -0.4 is 16.8 Å². The van der Waals surface area contributed by atoms with Crippen molar-refractivity contribution in [2.24, 2.45) is 5.73 Å². The van der Waals surface area contributed by atoms with E-state index in [0.29, 0.717) is 11.4 Å².